The lowest BCUT2D eigenvalue weighted by Crippen LogP contribution is -2.19. The summed E-state index contributed by atoms with van der Waals surface area (Å²) in [5.41, 5.74) is -1.23. The fourth-order valence-electron chi connectivity index (χ4n) is 2.21. The first kappa shape index (κ1) is 19.2. The third-order valence-corrected chi connectivity index (χ3v) is 3.59. The van der Waals surface area contributed by atoms with Crippen LogP contribution in [-0.4, -0.2) is 49.5 Å². The third-order valence-electron chi connectivity index (χ3n) is 3.59. The lowest BCUT2D eigenvalue weighted by atomic mass is 10.2. The van der Waals surface area contributed by atoms with Crippen LogP contribution in [0.4, 0.5) is 24.8 Å². The summed E-state index contributed by atoms with van der Waals surface area (Å²) in [4.78, 5) is 33.5. The predicted octanol–water partition coefficient (Wildman–Crippen LogP) is 2.00. The van der Waals surface area contributed by atoms with Crippen molar-refractivity contribution in [3.8, 4) is 11.5 Å². The normalized spacial score (nSPS) is 11.4. The van der Waals surface area contributed by atoms with Gasteiger partial charge in [-0.25, -0.2) is 24.9 Å². The zero-order chi connectivity index (χ0) is 20.5. The number of hydrogen-bond acceptors (Lipinski definition) is 7. The molecule has 9 nitrogen and oxygen atoms in total. The highest BCUT2D eigenvalue weighted by Crippen LogP contribution is 2.29. The highest BCUT2D eigenvalue weighted by molar-refractivity contribution is 6.03. The van der Waals surface area contributed by atoms with Crippen molar-refractivity contribution in [3.63, 3.8) is 0 Å². The van der Waals surface area contributed by atoms with Gasteiger partial charge in [0.1, 0.15) is 17.1 Å². The molecule has 0 aliphatic carbocycles. The number of aryl methyl sites for hydroxylation is 1. The van der Waals surface area contributed by atoms with Gasteiger partial charge in [0.25, 0.3) is 5.91 Å². The number of anilines is 2. The van der Waals surface area contributed by atoms with Crippen molar-refractivity contribution < 1.29 is 18.0 Å². The fourth-order valence-corrected chi connectivity index (χ4v) is 2.21. The molecule has 0 radical (unpaired) electrons. The van der Waals surface area contributed by atoms with Crippen LogP contribution >= 0.6 is 0 Å². The number of aromatic nitrogens is 6. The summed E-state index contributed by atoms with van der Waals surface area (Å²) < 4.78 is 41.1. The van der Waals surface area contributed by atoms with Crippen LogP contribution in [-0.2, 0) is 13.2 Å². The zero-order valence-corrected chi connectivity index (χ0v) is 15.1. The average Bonchev–Trinajstić information content (AvgIpc) is 3.07. The summed E-state index contributed by atoms with van der Waals surface area (Å²) in [6, 6.07) is 0.588. The number of halogens is 3. The lowest BCUT2D eigenvalue weighted by Gasteiger charge is -2.12. The second kappa shape index (κ2) is 7.21. The molecule has 0 aliphatic heterocycles. The summed E-state index contributed by atoms with van der Waals surface area (Å²) in [6.07, 6.45) is 0.636. The van der Waals surface area contributed by atoms with Gasteiger partial charge in [0.2, 0.25) is 5.95 Å². The number of hydrogen-bond donors (Lipinski definition) is 1. The summed E-state index contributed by atoms with van der Waals surface area (Å²) in [7, 11) is 5.07. The molecule has 12 heteroatoms. The molecule has 0 aliphatic rings. The molecule has 0 saturated carbocycles. The van der Waals surface area contributed by atoms with E-state index in [2.05, 4.69) is 30.2 Å². The van der Waals surface area contributed by atoms with E-state index < -0.39 is 23.5 Å². The molecule has 0 saturated heterocycles. The van der Waals surface area contributed by atoms with Crippen molar-refractivity contribution in [1.29, 1.82) is 0 Å². The second-order valence-electron chi connectivity index (χ2n) is 5.97. The molecule has 3 heterocycles. The van der Waals surface area contributed by atoms with Crippen molar-refractivity contribution in [3.05, 3.63) is 42.4 Å². The van der Waals surface area contributed by atoms with Gasteiger partial charge >= 0.3 is 6.18 Å². The molecule has 28 heavy (non-hydrogen) atoms. The molecule has 1 amide bonds. The van der Waals surface area contributed by atoms with Gasteiger partial charge in [-0.2, -0.15) is 13.2 Å². The second-order valence-corrected chi connectivity index (χ2v) is 5.97. The molecular formula is C16H15F3N8O. The highest BCUT2D eigenvalue weighted by atomic mass is 19.4. The van der Waals surface area contributed by atoms with E-state index in [0.29, 0.717) is 12.0 Å². The van der Waals surface area contributed by atoms with Crippen LogP contribution in [0.15, 0.2) is 31.0 Å². The van der Waals surface area contributed by atoms with E-state index in [1.54, 1.807) is 26.0 Å². The van der Waals surface area contributed by atoms with Crippen molar-refractivity contribution in [1.82, 2.24) is 29.5 Å². The summed E-state index contributed by atoms with van der Waals surface area (Å²) in [6.45, 7) is 0. The van der Waals surface area contributed by atoms with E-state index in [9.17, 15) is 18.0 Å². The Labute approximate surface area is 157 Å². The van der Waals surface area contributed by atoms with Gasteiger partial charge in [0.15, 0.2) is 5.82 Å². The largest absolute Gasteiger partial charge is 0.433 e. The zero-order valence-electron chi connectivity index (χ0n) is 15.1. The molecular weight excluding hydrogens is 377 g/mol. The van der Waals surface area contributed by atoms with Crippen LogP contribution in [0.25, 0.3) is 11.5 Å². The van der Waals surface area contributed by atoms with Crippen LogP contribution in [0.1, 0.15) is 16.2 Å². The maximum Gasteiger partial charge on any atom is 0.433 e. The molecule has 0 fully saturated rings. The van der Waals surface area contributed by atoms with Gasteiger partial charge < -0.3 is 14.8 Å². The van der Waals surface area contributed by atoms with Crippen molar-refractivity contribution in [2.75, 3.05) is 24.3 Å². The standard InChI is InChI=1S/C16H15F3N8O/c1-26(2)15-21-5-9(6-22-15)23-14(28)10-4-12(16(17,18)19)25-13(24-10)11-7-20-8-27(11)3/h4-8H,1-3H3,(H,23,28). The predicted molar refractivity (Wildman–Crippen MR) is 93.5 cm³/mol. The number of nitrogens with zero attached hydrogens (tertiary/aromatic N) is 7. The molecule has 0 spiro atoms. The van der Waals surface area contributed by atoms with Gasteiger partial charge in [0.05, 0.1) is 30.6 Å². The Hall–Kier alpha value is -3.57. The van der Waals surface area contributed by atoms with Crippen LogP contribution in [0.5, 0.6) is 0 Å². The maximum atomic E-state index is 13.2. The smallest absolute Gasteiger partial charge is 0.347 e. The Bertz CT molecular complexity index is 998. The number of carbonyl (C=O) groups excluding carboxylic acids is 1. The molecule has 0 bridgehead atoms. The average molecular weight is 392 g/mol. The van der Waals surface area contributed by atoms with Gasteiger partial charge in [-0.3, -0.25) is 4.79 Å². The Morgan fingerprint density at radius 3 is 2.36 bits per heavy atom. The topological polar surface area (TPSA) is 102 Å². The maximum absolute atomic E-state index is 13.2. The number of imidazole rings is 1. The fraction of sp³-hybridized carbons (Fsp3) is 0.250. The van der Waals surface area contributed by atoms with Crippen molar-refractivity contribution in [2.45, 2.75) is 6.18 Å². The molecule has 3 aromatic heterocycles. The van der Waals surface area contributed by atoms with Gasteiger partial charge in [-0.05, 0) is 0 Å². The van der Waals surface area contributed by atoms with Crippen molar-refractivity contribution in [2.24, 2.45) is 7.05 Å². The van der Waals surface area contributed by atoms with Crippen LogP contribution in [0.2, 0.25) is 0 Å². The molecule has 3 rings (SSSR count). The first-order chi connectivity index (χ1) is 13.1. The van der Waals surface area contributed by atoms with Crippen LogP contribution in [0.3, 0.4) is 0 Å². The molecule has 0 unspecified atom stereocenters. The first-order valence-corrected chi connectivity index (χ1v) is 7.89. The Kier molecular flexibility index (Phi) is 4.94. The number of alkyl halides is 3. The van der Waals surface area contributed by atoms with Crippen molar-refractivity contribution >= 4 is 17.5 Å². The minimum absolute atomic E-state index is 0.213. The quantitative estimate of drug-likeness (QED) is 0.725. The number of carbonyl (C=O) groups is 1. The van der Waals surface area contributed by atoms with Gasteiger partial charge in [-0.15, -0.1) is 0 Å². The van der Waals surface area contributed by atoms with Gasteiger partial charge in [0, 0.05) is 27.2 Å². The monoisotopic (exact) mass is 392 g/mol. The lowest BCUT2D eigenvalue weighted by molar-refractivity contribution is -0.141. The molecule has 3 aromatic rings. The number of amides is 1. The minimum atomic E-state index is -4.75. The van der Waals surface area contributed by atoms with Crippen LogP contribution in [0, 0.1) is 0 Å². The Balaban J connectivity index is 1.95. The number of nitrogens with one attached hydrogen (secondary N) is 1. The number of rotatable bonds is 4. The van der Waals surface area contributed by atoms with E-state index in [1.807, 2.05) is 0 Å². The van der Waals surface area contributed by atoms with Gasteiger partial charge in [-0.1, -0.05) is 0 Å². The van der Waals surface area contributed by atoms with E-state index >= 15 is 0 Å². The van der Waals surface area contributed by atoms with E-state index in [-0.39, 0.29) is 17.2 Å². The van der Waals surface area contributed by atoms with E-state index in [1.165, 1.54) is 29.5 Å². The molecule has 1 N–H and O–H groups in total. The highest BCUT2D eigenvalue weighted by Gasteiger charge is 2.34. The molecule has 0 aromatic carbocycles. The minimum Gasteiger partial charge on any atom is -0.347 e. The first-order valence-electron chi connectivity index (χ1n) is 7.89. The summed E-state index contributed by atoms with van der Waals surface area (Å²) in [5.74, 6) is -0.699. The molecule has 0 atom stereocenters. The summed E-state index contributed by atoms with van der Waals surface area (Å²) in [5, 5.41) is 2.43. The SMILES string of the molecule is CN(C)c1ncc(NC(=O)c2cc(C(F)(F)F)nc(-c3cncn3C)n2)cn1. The van der Waals surface area contributed by atoms with Crippen LogP contribution < -0.4 is 10.2 Å². The summed E-state index contributed by atoms with van der Waals surface area (Å²) >= 11 is 0. The van der Waals surface area contributed by atoms with E-state index in [0.717, 1.165) is 0 Å². The molecule has 146 valence electrons. The Morgan fingerprint density at radius 1 is 1.14 bits per heavy atom. The Morgan fingerprint density at radius 2 is 1.82 bits per heavy atom. The third kappa shape index (κ3) is 4.05. The van der Waals surface area contributed by atoms with E-state index in [4.69, 9.17) is 0 Å².